The van der Waals surface area contributed by atoms with Crippen molar-refractivity contribution in [2.45, 2.75) is 63.6 Å². The Labute approximate surface area is 190 Å². The van der Waals surface area contributed by atoms with Gasteiger partial charge in [-0.05, 0) is 55.0 Å². The van der Waals surface area contributed by atoms with Crippen LogP contribution in [0.4, 0.5) is 13.2 Å². The summed E-state index contributed by atoms with van der Waals surface area (Å²) in [5.41, 5.74) is 3.88. The van der Waals surface area contributed by atoms with Gasteiger partial charge in [0.1, 0.15) is 5.75 Å². The number of nitrogens with zero attached hydrogens (tertiary/aromatic N) is 1. The number of rotatable bonds is 7. The number of hydrogen-bond acceptors (Lipinski definition) is 3. The van der Waals surface area contributed by atoms with Crippen LogP contribution in [-0.2, 0) is 11.2 Å². The van der Waals surface area contributed by atoms with Gasteiger partial charge in [0.15, 0.2) is 6.61 Å². The smallest absolute Gasteiger partial charge is 0.422 e. The van der Waals surface area contributed by atoms with Crippen LogP contribution in [0.2, 0.25) is 0 Å². The first-order valence-corrected chi connectivity index (χ1v) is 11.3. The maximum absolute atomic E-state index is 12.6. The van der Waals surface area contributed by atoms with Crippen LogP contribution in [-0.4, -0.2) is 28.7 Å². The number of nitrogens with one attached hydrogen (secondary N) is 2. The highest BCUT2D eigenvalue weighted by Crippen LogP contribution is 2.36. The molecule has 4 rings (SSSR count). The lowest BCUT2D eigenvalue weighted by atomic mass is 9.84. The summed E-state index contributed by atoms with van der Waals surface area (Å²) >= 11 is 0. The molecule has 2 aromatic heterocycles. The average Bonchev–Trinajstić information content (AvgIpc) is 3.21. The van der Waals surface area contributed by atoms with Crippen LogP contribution >= 0.6 is 0 Å². The fraction of sp³-hybridized carbons (Fsp3) is 0.440. The summed E-state index contributed by atoms with van der Waals surface area (Å²) in [4.78, 5) is 20.0. The molecule has 3 aromatic rings. The Morgan fingerprint density at radius 1 is 1.21 bits per heavy atom. The van der Waals surface area contributed by atoms with Crippen molar-refractivity contribution in [2.24, 2.45) is 0 Å². The van der Waals surface area contributed by atoms with E-state index in [-0.39, 0.29) is 24.1 Å². The van der Waals surface area contributed by atoms with Crippen molar-refractivity contribution in [3.8, 4) is 5.75 Å². The van der Waals surface area contributed by atoms with Crippen molar-refractivity contribution in [1.29, 1.82) is 0 Å². The van der Waals surface area contributed by atoms with Crippen LogP contribution in [0.3, 0.4) is 0 Å². The Morgan fingerprint density at radius 3 is 2.70 bits per heavy atom. The highest BCUT2D eigenvalue weighted by Gasteiger charge is 2.28. The summed E-state index contributed by atoms with van der Waals surface area (Å²) in [7, 11) is 0. The zero-order valence-electron chi connectivity index (χ0n) is 18.5. The number of amides is 1. The Bertz CT molecular complexity index is 1090. The first-order chi connectivity index (χ1) is 15.8. The molecule has 0 unspecified atom stereocenters. The van der Waals surface area contributed by atoms with Crippen molar-refractivity contribution in [2.75, 3.05) is 6.61 Å². The van der Waals surface area contributed by atoms with E-state index in [1.807, 2.05) is 12.1 Å². The summed E-state index contributed by atoms with van der Waals surface area (Å²) in [6.07, 6.45) is 5.52. The molecule has 0 aliphatic heterocycles. The number of carbonyl (C=O) groups is 1. The van der Waals surface area contributed by atoms with Gasteiger partial charge in [0.05, 0.1) is 24.4 Å². The van der Waals surface area contributed by atoms with Crippen LogP contribution < -0.4 is 10.1 Å². The Hall–Kier alpha value is -3.03. The molecule has 1 aliphatic carbocycles. The lowest BCUT2D eigenvalue weighted by Gasteiger charge is -2.21. The lowest BCUT2D eigenvalue weighted by molar-refractivity contribution is -0.153. The van der Waals surface area contributed by atoms with Gasteiger partial charge >= 0.3 is 6.18 Å². The third-order valence-corrected chi connectivity index (χ3v) is 6.17. The highest BCUT2D eigenvalue weighted by atomic mass is 19.4. The predicted octanol–water partition coefficient (Wildman–Crippen LogP) is 5.97. The number of ether oxygens (including phenoxy) is 1. The Balaban J connectivity index is 1.34. The molecule has 0 spiro atoms. The number of pyridine rings is 1. The van der Waals surface area contributed by atoms with Gasteiger partial charge in [0, 0.05) is 17.1 Å². The fourth-order valence-corrected chi connectivity index (χ4v) is 4.51. The number of carbonyl (C=O) groups excluding carboxylic acids is 1. The van der Waals surface area contributed by atoms with Gasteiger partial charge in [-0.15, -0.1) is 0 Å². The van der Waals surface area contributed by atoms with Crippen LogP contribution in [0.5, 0.6) is 5.75 Å². The molecule has 1 amide bonds. The Kier molecular flexibility index (Phi) is 6.91. The zero-order valence-corrected chi connectivity index (χ0v) is 18.5. The van der Waals surface area contributed by atoms with Crippen molar-refractivity contribution >= 4 is 16.8 Å². The molecule has 1 saturated carbocycles. The Morgan fingerprint density at radius 2 is 2.00 bits per heavy atom. The third-order valence-electron chi connectivity index (χ3n) is 6.17. The topological polar surface area (TPSA) is 67.0 Å². The summed E-state index contributed by atoms with van der Waals surface area (Å²) in [5, 5.41) is 4.13. The van der Waals surface area contributed by atoms with E-state index in [4.69, 9.17) is 0 Å². The minimum Gasteiger partial charge on any atom is -0.483 e. The maximum Gasteiger partial charge on any atom is 0.422 e. The van der Waals surface area contributed by atoms with Crippen LogP contribution in [0.1, 0.15) is 67.8 Å². The number of alkyl halides is 3. The first-order valence-electron chi connectivity index (χ1n) is 11.3. The number of aromatic amines is 1. The predicted molar refractivity (Wildman–Crippen MR) is 120 cm³/mol. The molecule has 0 bridgehead atoms. The molecule has 1 fully saturated rings. The molecule has 0 radical (unpaired) electrons. The van der Waals surface area contributed by atoms with E-state index in [0.717, 1.165) is 11.1 Å². The third kappa shape index (κ3) is 6.06. The van der Waals surface area contributed by atoms with E-state index < -0.39 is 12.8 Å². The van der Waals surface area contributed by atoms with Crippen LogP contribution in [0.25, 0.3) is 10.9 Å². The second kappa shape index (κ2) is 9.85. The minimum atomic E-state index is -4.40. The quantitative estimate of drug-likeness (QED) is 0.457. The molecule has 5 nitrogen and oxygen atoms in total. The van der Waals surface area contributed by atoms with Gasteiger partial charge in [-0.25, -0.2) is 0 Å². The number of H-pyrrole nitrogens is 1. The molecule has 2 N–H and O–H groups in total. The molecular formula is C25H28F3N3O2. The van der Waals surface area contributed by atoms with E-state index in [1.165, 1.54) is 55.3 Å². The molecule has 1 aromatic carbocycles. The van der Waals surface area contributed by atoms with E-state index in [9.17, 15) is 18.0 Å². The highest BCUT2D eigenvalue weighted by molar-refractivity contribution is 5.86. The van der Waals surface area contributed by atoms with E-state index in [0.29, 0.717) is 11.6 Å². The zero-order chi connectivity index (χ0) is 23.4. The summed E-state index contributed by atoms with van der Waals surface area (Å²) in [6, 6.07) is 8.70. The molecule has 1 aliphatic rings. The summed E-state index contributed by atoms with van der Waals surface area (Å²) in [5.74, 6) is 0.488. The van der Waals surface area contributed by atoms with Crippen molar-refractivity contribution < 1.29 is 22.7 Å². The molecule has 176 valence electrons. The van der Waals surface area contributed by atoms with Gasteiger partial charge < -0.3 is 15.0 Å². The lowest BCUT2D eigenvalue weighted by Crippen LogP contribution is -2.28. The number of halogens is 3. The second-order valence-electron chi connectivity index (χ2n) is 8.75. The van der Waals surface area contributed by atoms with Crippen LogP contribution in [0.15, 0.2) is 42.7 Å². The monoisotopic (exact) mass is 459 g/mol. The molecule has 0 saturated heterocycles. The number of aromatic nitrogens is 2. The van der Waals surface area contributed by atoms with Gasteiger partial charge in [-0.1, -0.05) is 31.4 Å². The maximum atomic E-state index is 12.6. The molecular weight excluding hydrogens is 431 g/mol. The molecule has 8 heteroatoms. The second-order valence-corrected chi connectivity index (χ2v) is 8.75. The SMILES string of the molecule is C[C@@H](NC(=O)Cc1ccc2c(C3CCCCC3)c[nH]c2c1)c1ccc(OCC(F)(F)F)cn1. The molecule has 1 atom stereocenters. The first kappa shape index (κ1) is 23.1. The van der Waals surface area contributed by atoms with Crippen LogP contribution in [0, 0.1) is 0 Å². The van der Waals surface area contributed by atoms with E-state index in [1.54, 1.807) is 13.0 Å². The van der Waals surface area contributed by atoms with E-state index >= 15 is 0 Å². The number of hydrogen-bond donors (Lipinski definition) is 2. The van der Waals surface area contributed by atoms with Gasteiger partial charge in [0.2, 0.25) is 5.91 Å². The minimum absolute atomic E-state index is 0.0291. The van der Waals surface area contributed by atoms with Crippen molar-refractivity contribution in [3.63, 3.8) is 0 Å². The normalized spacial score (nSPS) is 16.0. The molecule has 2 heterocycles. The fourth-order valence-electron chi connectivity index (χ4n) is 4.51. The average molecular weight is 460 g/mol. The number of fused-ring (bicyclic) bond motifs is 1. The number of benzene rings is 1. The molecule has 33 heavy (non-hydrogen) atoms. The summed E-state index contributed by atoms with van der Waals surface area (Å²) < 4.78 is 41.4. The van der Waals surface area contributed by atoms with E-state index in [2.05, 4.69) is 32.3 Å². The van der Waals surface area contributed by atoms with Crippen molar-refractivity contribution in [3.05, 3.63) is 59.5 Å². The van der Waals surface area contributed by atoms with Gasteiger partial charge in [-0.3, -0.25) is 9.78 Å². The van der Waals surface area contributed by atoms with Crippen molar-refractivity contribution in [1.82, 2.24) is 15.3 Å². The standard InChI is InChI=1S/C25H28F3N3O2/c1-16(22-10-8-19(13-29-22)33-15-25(26,27)28)31-24(32)12-17-7-9-20-21(14-30-23(20)11-17)18-5-3-2-4-6-18/h7-11,13-14,16,18,30H,2-6,12,15H2,1H3,(H,31,32)/t16-/m1/s1. The largest absolute Gasteiger partial charge is 0.483 e. The van der Waals surface area contributed by atoms with Gasteiger partial charge in [0.25, 0.3) is 0 Å². The van der Waals surface area contributed by atoms with Gasteiger partial charge in [-0.2, -0.15) is 13.2 Å². The summed E-state index contributed by atoms with van der Waals surface area (Å²) in [6.45, 7) is 0.411.